The number of rotatable bonds is 5. The number of halogens is 2. The average molecular weight is 444 g/mol. The Morgan fingerprint density at radius 1 is 1.10 bits per heavy atom. The van der Waals surface area contributed by atoms with Gasteiger partial charge in [0.1, 0.15) is 6.04 Å². The zero-order valence-electron chi connectivity index (χ0n) is 16.6. The van der Waals surface area contributed by atoms with Crippen molar-refractivity contribution < 1.29 is 4.79 Å². The van der Waals surface area contributed by atoms with Crippen LogP contribution in [0.2, 0.25) is 10.0 Å². The van der Waals surface area contributed by atoms with Crippen LogP contribution < -0.4 is 10.2 Å². The Morgan fingerprint density at radius 2 is 1.87 bits per heavy atom. The van der Waals surface area contributed by atoms with Gasteiger partial charge in [-0.25, -0.2) is 4.98 Å². The van der Waals surface area contributed by atoms with Gasteiger partial charge in [0.05, 0.1) is 16.4 Å². The number of hydrogen-bond donors (Lipinski definition) is 1. The smallest absolute Gasteiger partial charge is 0.243 e. The van der Waals surface area contributed by atoms with Crippen LogP contribution in [0.5, 0.6) is 0 Å². The van der Waals surface area contributed by atoms with Crippen molar-refractivity contribution in [1.82, 2.24) is 14.5 Å². The number of aromatic nitrogens is 2. The van der Waals surface area contributed by atoms with Crippen LogP contribution in [0.1, 0.15) is 6.92 Å². The lowest BCUT2D eigenvalue weighted by Crippen LogP contribution is -2.57. The number of nitrogens with zero attached hydrogens (tertiary/aromatic N) is 4. The maximum Gasteiger partial charge on any atom is 0.243 e. The number of imidazole rings is 1. The fourth-order valence-corrected chi connectivity index (χ4v) is 4.01. The molecule has 0 aliphatic carbocycles. The molecule has 1 saturated heterocycles. The van der Waals surface area contributed by atoms with Crippen molar-refractivity contribution in [2.75, 3.05) is 36.4 Å². The monoisotopic (exact) mass is 443 g/mol. The summed E-state index contributed by atoms with van der Waals surface area (Å²) in [7, 11) is 0. The second-order valence-electron chi connectivity index (χ2n) is 7.19. The molecule has 1 fully saturated rings. The Balaban J connectivity index is 1.47. The molecule has 1 amide bonds. The Morgan fingerprint density at radius 3 is 2.53 bits per heavy atom. The minimum absolute atomic E-state index is 0.0167. The van der Waals surface area contributed by atoms with E-state index in [9.17, 15) is 4.79 Å². The van der Waals surface area contributed by atoms with Crippen LogP contribution in [0, 0.1) is 0 Å². The maximum atomic E-state index is 13.1. The normalized spacial score (nSPS) is 17.2. The summed E-state index contributed by atoms with van der Waals surface area (Å²) in [5, 5.41) is 4.11. The zero-order valence-corrected chi connectivity index (χ0v) is 18.1. The van der Waals surface area contributed by atoms with Gasteiger partial charge in [-0.15, -0.1) is 0 Å². The van der Waals surface area contributed by atoms with Gasteiger partial charge in [-0.1, -0.05) is 30.1 Å². The fraction of sp³-hybridized carbons (Fsp3) is 0.273. The number of piperazine rings is 1. The summed E-state index contributed by atoms with van der Waals surface area (Å²) in [6.45, 7) is 5.11. The highest BCUT2D eigenvalue weighted by atomic mass is 35.5. The predicted molar refractivity (Wildman–Crippen MR) is 122 cm³/mol. The maximum absolute atomic E-state index is 13.1. The number of likely N-dealkylation sites (N-methyl/N-ethyl adjacent to an activating group) is 1. The summed E-state index contributed by atoms with van der Waals surface area (Å²) in [4.78, 5) is 21.5. The SMILES string of the molecule is CCN1CCN(c2ccc(Cl)c(Cl)c2)CC1C(=O)Nc1ccc(-n2ccnc2)cc1. The molecule has 6 nitrogen and oxygen atoms in total. The van der Waals surface area contributed by atoms with Gasteiger partial charge in [0, 0.05) is 49.1 Å². The Hall–Kier alpha value is -2.54. The number of amides is 1. The van der Waals surface area contributed by atoms with Gasteiger partial charge < -0.3 is 14.8 Å². The molecule has 0 radical (unpaired) electrons. The minimum atomic E-state index is -0.258. The quantitative estimate of drug-likeness (QED) is 0.637. The second kappa shape index (κ2) is 9.08. The summed E-state index contributed by atoms with van der Waals surface area (Å²) in [6.07, 6.45) is 5.36. The molecule has 0 spiro atoms. The number of carbonyl (C=O) groups is 1. The van der Waals surface area contributed by atoms with Crippen LogP contribution in [0.15, 0.2) is 61.2 Å². The molecule has 3 aromatic rings. The van der Waals surface area contributed by atoms with Crippen molar-refractivity contribution in [3.63, 3.8) is 0 Å². The van der Waals surface area contributed by atoms with Gasteiger partial charge >= 0.3 is 0 Å². The van der Waals surface area contributed by atoms with E-state index in [-0.39, 0.29) is 11.9 Å². The average Bonchev–Trinajstić information content (AvgIpc) is 3.30. The number of hydrogen-bond acceptors (Lipinski definition) is 4. The molecule has 8 heteroatoms. The fourth-order valence-electron chi connectivity index (χ4n) is 3.72. The van der Waals surface area contributed by atoms with E-state index in [0.29, 0.717) is 16.6 Å². The van der Waals surface area contributed by atoms with Crippen molar-refractivity contribution in [3.8, 4) is 5.69 Å². The third-order valence-electron chi connectivity index (χ3n) is 5.41. The molecular formula is C22H23Cl2N5O. The Kier molecular flexibility index (Phi) is 6.27. The summed E-state index contributed by atoms with van der Waals surface area (Å²) in [5.41, 5.74) is 2.73. The van der Waals surface area contributed by atoms with Crippen LogP contribution >= 0.6 is 23.2 Å². The van der Waals surface area contributed by atoms with E-state index in [0.717, 1.165) is 36.7 Å². The van der Waals surface area contributed by atoms with E-state index in [1.54, 1.807) is 18.6 Å². The van der Waals surface area contributed by atoms with Crippen molar-refractivity contribution in [2.24, 2.45) is 0 Å². The predicted octanol–water partition coefficient (Wildman–Crippen LogP) is 4.33. The van der Waals surface area contributed by atoms with Gasteiger partial charge in [0.25, 0.3) is 0 Å². The molecule has 0 bridgehead atoms. The third kappa shape index (κ3) is 4.46. The molecular weight excluding hydrogens is 421 g/mol. The summed E-state index contributed by atoms with van der Waals surface area (Å²) >= 11 is 12.2. The molecule has 1 unspecified atom stereocenters. The van der Waals surface area contributed by atoms with Crippen molar-refractivity contribution in [3.05, 3.63) is 71.2 Å². The van der Waals surface area contributed by atoms with Crippen molar-refractivity contribution in [1.29, 1.82) is 0 Å². The van der Waals surface area contributed by atoms with E-state index in [4.69, 9.17) is 23.2 Å². The molecule has 2 heterocycles. The topological polar surface area (TPSA) is 53.4 Å². The van der Waals surface area contributed by atoms with Crippen molar-refractivity contribution >= 4 is 40.5 Å². The lowest BCUT2D eigenvalue weighted by Gasteiger charge is -2.41. The van der Waals surface area contributed by atoms with E-state index >= 15 is 0 Å². The summed E-state index contributed by atoms with van der Waals surface area (Å²) in [6, 6.07) is 13.1. The standard InChI is InChI=1S/C22H23Cl2N5O/c1-2-27-11-12-28(18-7-8-19(23)20(24)13-18)14-21(27)22(30)26-16-3-5-17(6-4-16)29-10-9-25-15-29/h3-10,13,15,21H,2,11-12,14H2,1H3,(H,26,30). The van der Waals surface area contributed by atoms with Gasteiger partial charge in [-0.3, -0.25) is 9.69 Å². The molecule has 1 aromatic heterocycles. The van der Waals surface area contributed by atoms with Crippen LogP contribution in [0.3, 0.4) is 0 Å². The minimum Gasteiger partial charge on any atom is -0.368 e. The lowest BCUT2D eigenvalue weighted by molar-refractivity contribution is -0.121. The number of anilines is 2. The molecule has 1 atom stereocenters. The molecule has 0 saturated carbocycles. The van der Waals surface area contributed by atoms with Crippen LogP contribution in [-0.2, 0) is 4.79 Å². The summed E-state index contributed by atoms with van der Waals surface area (Å²) in [5.74, 6) is -0.0167. The highest BCUT2D eigenvalue weighted by Gasteiger charge is 2.31. The van der Waals surface area contributed by atoms with Gasteiger partial charge in [-0.2, -0.15) is 0 Å². The van der Waals surface area contributed by atoms with E-state index in [2.05, 4.69) is 27.0 Å². The van der Waals surface area contributed by atoms with E-state index < -0.39 is 0 Å². The van der Waals surface area contributed by atoms with E-state index in [1.807, 2.05) is 47.2 Å². The van der Waals surface area contributed by atoms with Crippen LogP contribution in [0.25, 0.3) is 5.69 Å². The van der Waals surface area contributed by atoms with Gasteiger partial charge in [0.2, 0.25) is 5.91 Å². The Bertz CT molecular complexity index is 1010. The zero-order chi connectivity index (χ0) is 21.1. The van der Waals surface area contributed by atoms with Gasteiger partial charge in [-0.05, 0) is 49.0 Å². The Labute approximate surface area is 186 Å². The van der Waals surface area contributed by atoms with E-state index in [1.165, 1.54) is 0 Å². The molecule has 30 heavy (non-hydrogen) atoms. The molecule has 1 aliphatic rings. The molecule has 156 valence electrons. The number of nitrogens with one attached hydrogen (secondary N) is 1. The first-order valence-corrected chi connectivity index (χ1v) is 10.6. The van der Waals surface area contributed by atoms with Gasteiger partial charge in [0.15, 0.2) is 0 Å². The van der Waals surface area contributed by atoms with Crippen LogP contribution in [-0.4, -0.2) is 52.6 Å². The third-order valence-corrected chi connectivity index (χ3v) is 6.14. The largest absolute Gasteiger partial charge is 0.368 e. The molecule has 2 aromatic carbocycles. The number of carbonyl (C=O) groups excluding carboxylic acids is 1. The lowest BCUT2D eigenvalue weighted by atomic mass is 10.1. The molecule has 1 N–H and O–H groups in total. The van der Waals surface area contributed by atoms with Crippen LogP contribution in [0.4, 0.5) is 11.4 Å². The van der Waals surface area contributed by atoms with Crippen molar-refractivity contribution in [2.45, 2.75) is 13.0 Å². The first-order valence-electron chi connectivity index (χ1n) is 9.88. The second-order valence-corrected chi connectivity index (χ2v) is 8.01. The first-order chi connectivity index (χ1) is 14.5. The highest BCUT2D eigenvalue weighted by Crippen LogP contribution is 2.28. The molecule has 1 aliphatic heterocycles. The summed E-state index contributed by atoms with van der Waals surface area (Å²) < 4.78 is 1.92. The first kappa shape index (κ1) is 20.7. The number of benzene rings is 2. The highest BCUT2D eigenvalue weighted by molar-refractivity contribution is 6.42. The molecule has 4 rings (SSSR count).